The van der Waals surface area contributed by atoms with Gasteiger partial charge in [-0.1, -0.05) is 6.07 Å². The fourth-order valence-corrected chi connectivity index (χ4v) is 3.19. The Kier molecular flexibility index (Phi) is 6.23. The summed E-state index contributed by atoms with van der Waals surface area (Å²) >= 11 is 0. The number of aliphatic hydroxyl groups excluding tert-OH is 1. The largest absolute Gasteiger partial charge is 0.465 e. The van der Waals surface area contributed by atoms with Crippen LogP contribution in [0.1, 0.15) is 49.0 Å². The Morgan fingerprint density at radius 3 is 2.62 bits per heavy atom. The second-order valence-corrected chi connectivity index (χ2v) is 7.50. The third kappa shape index (κ3) is 4.72. The van der Waals surface area contributed by atoms with Gasteiger partial charge in [-0.15, -0.1) is 0 Å². The van der Waals surface area contributed by atoms with Crippen molar-refractivity contribution in [3.63, 3.8) is 0 Å². The Bertz CT molecular complexity index is 670. The lowest BCUT2D eigenvalue weighted by Gasteiger charge is -2.38. The minimum atomic E-state index is -0.740. The van der Waals surface area contributed by atoms with Crippen LogP contribution in [0.25, 0.3) is 0 Å². The molecule has 144 valence electrons. The van der Waals surface area contributed by atoms with Crippen LogP contribution < -0.4 is 0 Å². The van der Waals surface area contributed by atoms with Crippen LogP contribution in [0.3, 0.4) is 0 Å². The normalized spacial score (nSPS) is 20.6. The van der Waals surface area contributed by atoms with Crippen molar-refractivity contribution >= 4 is 12.1 Å². The molecule has 2 rings (SSSR count). The van der Waals surface area contributed by atoms with E-state index < -0.39 is 23.5 Å². The average Bonchev–Trinajstić information content (AvgIpc) is 2.59. The van der Waals surface area contributed by atoms with E-state index in [1.807, 2.05) is 0 Å². The molecule has 2 atom stereocenters. The Hall–Kier alpha value is -2.15. The van der Waals surface area contributed by atoms with E-state index in [2.05, 4.69) is 4.74 Å². The average molecular weight is 367 g/mol. The van der Waals surface area contributed by atoms with Crippen LogP contribution in [0.15, 0.2) is 18.2 Å². The molecule has 1 N–H and O–H groups in total. The molecule has 6 nitrogen and oxygen atoms in total. The number of rotatable bonds is 3. The fraction of sp³-hybridized carbons (Fsp3) is 0.579. The van der Waals surface area contributed by atoms with Crippen molar-refractivity contribution in [3.8, 4) is 0 Å². The highest BCUT2D eigenvalue weighted by atomic mass is 19.1. The molecule has 1 amide bonds. The number of amides is 1. The fourth-order valence-electron chi connectivity index (χ4n) is 3.19. The molecule has 1 aliphatic heterocycles. The molecule has 0 aromatic heterocycles. The van der Waals surface area contributed by atoms with Crippen LogP contribution in [-0.2, 0) is 9.47 Å². The molecular weight excluding hydrogens is 341 g/mol. The van der Waals surface area contributed by atoms with Crippen LogP contribution in [-0.4, -0.2) is 54.5 Å². The van der Waals surface area contributed by atoms with E-state index in [-0.39, 0.29) is 24.0 Å². The molecule has 1 aromatic rings. The summed E-state index contributed by atoms with van der Waals surface area (Å²) in [5.74, 6) is -1.71. The molecule has 26 heavy (non-hydrogen) atoms. The Labute approximate surface area is 152 Å². The molecule has 1 heterocycles. The maximum Gasteiger partial charge on any atom is 0.410 e. The maximum absolute atomic E-state index is 13.9. The van der Waals surface area contributed by atoms with Crippen molar-refractivity contribution < 1.29 is 28.6 Å². The number of halogens is 1. The predicted molar refractivity (Wildman–Crippen MR) is 93.5 cm³/mol. The summed E-state index contributed by atoms with van der Waals surface area (Å²) < 4.78 is 23.9. The number of benzene rings is 1. The minimum Gasteiger partial charge on any atom is -0.465 e. The summed E-state index contributed by atoms with van der Waals surface area (Å²) in [5.41, 5.74) is 0.0283. The molecular formula is C19H26FNO5. The van der Waals surface area contributed by atoms with Crippen LogP contribution in [0.5, 0.6) is 0 Å². The van der Waals surface area contributed by atoms with E-state index in [0.29, 0.717) is 19.5 Å². The molecule has 1 saturated heterocycles. The van der Waals surface area contributed by atoms with Crippen molar-refractivity contribution in [2.75, 3.05) is 26.8 Å². The van der Waals surface area contributed by atoms with Gasteiger partial charge in [0, 0.05) is 25.6 Å². The van der Waals surface area contributed by atoms with E-state index in [1.165, 1.54) is 19.2 Å². The molecule has 1 aliphatic rings. The molecule has 0 saturated carbocycles. The lowest BCUT2D eigenvalue weighted by Crippen LogP contribution is -2.46. The third-order valence-electron chi connectivity index (χ3n) is 4.44. The van der Waals surface area contributed by atoms with Gasteiger partial charge in [0.15, 0.2) is 0 Å². The summed E-state index contributed by atoms with van der Waals surface area (Å²) in [5, 5.41) is 9.79. The van der Waals surface area contributed by atoms with E-state index >= 15 is 0 Å². The van der Waals surface area contributed by atoms with Crippen LogP contribution in [0.2, 0.25) is 0 Å². The van der Waals surface area contributed by atoms with E-state index in [1.54, 1.807) is 31.7 Å². The third-order valence-corrected chi connectivity index (χ3v) is 4.44. The summed E-state index contributed by atoms with van der Waals surface area (Å²) in [6, 6.07) is 4.31. The first kappa shape index (κ1) is 20.2. The number of hydrogen-bond acceptors (Lipinski definition) is 5. The maximum atomic E-state index is 13.9. The number of esters is 1. The van der Waals surface area contributed by atoms with Crippen molar-refractivity contribution in [1.29, 1.82) is 0 Å². The van der Waals surface area contributed by atoms with E-state index in [4.69, 9.17) is 4.74 Å². The standard InChI is InChI=1S/C19H26FNO5/c1-19(2,3)26-18(24)21-8-7-14(13(10-21)11-22)12-5-6-16(20)15(9-12)17(23)25-4/h5-6,9,13-14,22H,7-8,10-11H2,1-4H3/t13-,14+/m1/s1. The Morgan fingerprint density at radius 2 is 2.04 bits per heavy atom. The predicted octanol–water partition coefficient (Wildman–Crippen LogP) is 2.95. The zero-order valence-electron chi connectivity index (χ0n) is 15.6. The van der Waals surface area contributed by atoms with Crippen molar-refractivity contribution in [3.05, 3.63) is 35.1 Å². The SMILES string of the molecule is COC(=O)c1cc([C@@H]2CCN(C(=O)OC(C)(C)C)C[C@@H]2CO)ccc1F. The van der Waals surface area contributed by atoms with Crippen molar-refractivity contribution in [2.45, 2.75) is 38.7 Å². The first-order chi connectivity index (χ1) is 12.2. The van der Waals surface area contributed by atoms with Crippen LogP contribution in [0.4, 0.5) is 9.18 Å². The Morgan fingerprint density at radius 1 is 1.35 bits per heavy atom. The number of carbonyl (C=O) groups excluding carboxylic acids is 2. The highest BCUT2D eigenvalue weighted by Crippen LogP contribution is 2.34. The molecule has 0 bridgehead atoms. The first-order valence-electron chi connectivity index (χ1n) is 8.62. The summed E-state index contributed by atoms with van der Waals surface area (Å²) in [6.07, 6.45) is 0.167. The number of hydrogen-bond donors (Lipinski definition) is 1. The van der Waals surface area contributed by atoms with E-state index in [0.717, 1.165) is 5.56 Å². The quantitative estimate of drug-likeness (QED) is 0.832. The van der Waals surface area contributed by atoms with Gasteiger partial charge in [-0.25, -0.2) is 14.0 Å². The number of piperidine rings is 1. The number of methoxy groups -OCH3 is 1. The summed E-state index contributed by atoms with van der Waals surface area (Å²) in [6.45, 7) is 6.06. The second kappa shape index (κ2) is 8.03. The van der Waals surface area contributed by atoms with Gasteiger partial charge in [0.1, 0.15) is 11.4 Å². The molecule has 1 aromatic carbocycles. The van der Waals surface area contributed by atoms with Gasteiger partial charge < -0.3 is 19.5 Å². The Balaban J connectivity index is 2.17. The smallest absolute Gasteiger partial charge is 0.410 e. The zero-order chi connectivity index (χ0) is 19.5. The highest BCUT2D eigenvalue weighted by molar-refractivity contribution is 5.89. The summed E-state index contributed by atoms with van der Waals surface area (Å²) in [7, 11) is 1.20. The summed E-state index contributed by atoms with van der Waals surface area (Å²) in [4.78, 5) is 25.5. The number of carbonyl (C=O) groups is 2. The van der Waals surface area contributed by atoms with Crippen molar-refractivity contribution in [1.82, 2.24) is 4.90 Å². The lowest BCUT2D eigenvalue weighted by atomic mass is 9.80. The molecule has 0 unspecified atom stereocenters. The molecule has 0 spiro atoms. The number of nitrogens with zero attached hydrogens (tertiary/aromatic N) is 1. The van der Waals surface area contributed by atoms with Crippen molar-refractivity contribution in [2.24, 2.45) is 5.92 Å². The number of likely N-dealkylation sites (tertiary alicyclic amines) is 1. The molecule has 0 radical (unpaired) electrons. The number of aliphatic hydroxyl groups is 1. The lowest BCUT2D eigenvalue weighted by molar-refractivity contribution is 0.0102. The van der Waals surface area contributed by atoms with Gasteiger partial charge >= 0.3 is 12.1 Å². The second-order valence-electron chi connectivity index (χ2n) is 7.50. The monoisotopic (exact) mass is 367 g/mol. The van der Waals surface area contributed by atoms with Crippen LogP contribution >= 0.6 is 0 Å². The van der Waals surface area contributed by atoms with Gasteiger partial charge in [0.25, 0.3) is 0 Å². The van der Waals surface area contributed by atoms with E-state index in [9.17, 15) is 19.1 Å². The first-order valence-corrected chi connectivity index (χ1v) is 8.62. The topological polar surface area (TPSA) is 76.1 Å². The zero-order valence-corrected chi connectivity index (χ0v) is 15.6. The van der Waals surface area contributed by atoms with Gasteiger partial charge in [0.2, 0.25) is 0 Å². The molecule has 7 heteroatoms. The highest BCUT2D eigenvalue weighted by Gasteiger charge is 2.34. The number of ether oxygens (including phenoxy) is 2. The minimum absolute atomic E-state index is 0.0947. The van der Waals surface area contributed by atoms with Gasteiger partial charge in [0.05, 0.1) is 12.7 Å². The van der Waals surface area contributed by atoms with Gasteiger partial charge in [-0.3, -0.25) is 0 Å². The van der Waals surface area contributed by atoms with Gasteiger partial charge in [-0.2, -0.15) is 0 Å². The van der Waals surface area contributed by atoms with Crippen LogP contribution in [0, 0.1) is 11.7 Å². The molecule has 1 fully saturated rings. The van der Waals surface area contributed by atoms with Gasteiger partial charge in [-0.05, 0) is 50.8 Å². The molecule has 0 aliphatic carbocycles.